The molecule has 3 saturated heterocycles. The van der Waals surface area contributed by atoms with Gasteiger partial charge in [-0.3, -0.25) is 34.0 Å². The van der Waals surface area contributed by atoms with E-state index in [2.05, 4.69) is 42.7 Å². The molecule has 1 aliphatic carbocycles. The molecule has 4 atom stereocenters. The van der Waals surface area contributed by atoms with Crippen LogP contribution < -0.4 is 15.5 Å². The molecule has 20 heteroatoms. The van der Waals surface area contributed by atoms with Crippen molar-refractivity contribution in [2.75, 3.05) is 69.9 Å². The molecule has 2 N–H and O–H groups in total. The number of aromatic nitrogens is 7. The van der Waals surface area contributed by atoms with Crippen LogP contribution in [0.5, 0.6) is 0 Å². The van der Waals surface area contributed by atoms with Crippen molar-refractivity contribution in [3.8, 4) is 11.8 Å². The summed E-state index contributed by atoms with van der Waals surface area (Å²) >= 11 is 0. The number of hydrogen-bond donors (Lipinski definition) is 2. The number of fused-ring (bicyclic) bond motifs is 2. The number of alkyl halides is 3. The van der Waals surface area contributed by atoms with E-state index >= 15 is 4.39 Å². The Morgan fingerprint density at radius 3 is 2.71 bits per heavy atom. The zero-order valence-electron chi connectivity index (χ0n) is 36.3. The maximum absolute atomic E-state index is 15.5. The first-order valence-electron chi connectivity index (χ1n) is 22.2. The highest BCUT2D eigenvalue weighted by molar-refractivity contribution is 6.08. The largest absolute Gasteiger partial charge is 0.382 e. The van der Waals surface area contributed by atoms with Gasteiger partial charge in [-0.1, -0.05) is 24.0 Å². The number of carbonyl (C=O) groups is 3. The molecule has 7 heterocycles. The summed E-state index contributed by atoms with van der Waals surface area (Å²) in [6, 6.07) is 7.29. The predicted molar refractivity (Wildman–Crippen MR) is 231 cm³/mol. The number of halogens is 3. The Balaban J connectivity index is 0.755. The summed E-state index contributed by atoms with van der Waals surface area (Å²) in [5.74, 6) is 5.36. The van der Waals surface area contributed by atoms with E-state index < -0.39 is 36.2 Å². The first-order valence-corrected chi connectivity index (χ1v) is 22.2. The maximum atomic E-state index is 15.5. The number of aryl methyl sites for hydroxylation is 1. The second kappa shape index (κ2) is 19.3. The third-order valence-electron chi connectivity index (χ3n) is 13.0. The number of hydrogen-bond acceptors (Lipinski definition) is 12. The van der Waals surface area contributed by atoms with Crippen LogP contribution in [0.25, 0.3) is 16.6 Å². The van der Waals surface area contributed by atoms with Gasteiger partial charge < -0.3 is 24.4 Å². The highest BCUT2D eigenvalue weighted by atomic mass is 19.3. The molecule has 0 radical (unpaired) electrons. The number of piperidine rings is 2. The van der Waals surface area contributed by atoms with Crippen molar-refractivity contribution in [1.82, 2.24) is 44.4 Å². The minimum Gasteiger partial charge on any atom is -0.382 e. The molecule has 3 amide bonds. The van der Waals surface area contributed by atoms with Gasteiger partial charge in [-0.05, 0) is 56.6 Å². The Morgan fingerprint density at radius 1 is 1.08 bits per heavy atom. The van der Waals surface area contributed by atoms with Gasteiger partial charge in [0, 0.05) is 71.1 Å². The number of para-hydroxylation sites is 1. The number of anilines is 2. The van der Waals surface area contributed by atoms with Crippen LogP contribution in [-0.2, 0) is 30.8 Å². The molecule has 4 aromatic heterocycles. The zero-order valence-corrected chi connectivity index (χ0v) is 36.3. The zero-order chi connectivity index (χ0) is 45.2. The van der Waals surface area contributed by atoms with Gasteiger partial charge in [-0.2, -0.15) is 15.3 Å². The Kier molecular flexibility index (Phi) is 13.2. The quantitative estimate of drug-likeness (QED) is 0.132. The first-order chi connectivity index (χ1) is 31.5. The van der Waals surface area contributed by atoms with Gasteiger partial charge in [0.2, 0.25) is 11.8 Å². The van der Waals surface area contributed by atoms with Crippen molar-refractivity contribution >= 4 is 45.8 Å². The van der Waals surface area contributed by atoms with Crippen LogP contribution in [0, 0.1) is 17.8 Å². The molecule has 17 nitrogen and oxygen atoms in total. The van der Waals surface area contributed by atoms with E-state index in [1.165, 1.54) is 16.9 Å². The molecule has 0 spiro atoms. The second-order valence-corrected chi connectivity index (χ2v) is 17.3. The number of morpholine rings is 1. The minimum absolute atomic E-state index is 0.0554. The predicted octanol–water partition coefficient (Wildman–Crippen LogP) is 4.59. The molecule has 0 bridgehead atoms. The number of amides is 3. The summed E-state index contributed by atoms with van der Waals surface area (Å²) in [6.07, 6.45) is 4.01. The molecular weight excluding hydrogens is 848 g/mol. The molecule has 5 aromatic rings. The van der Waals surface area contributed by atoms with Crippen molar-refractivity contribution in [3.05, 3.63) is 65.4 Å². The second-order valence-electron chi connectivity index (χ2n) is 17.3. The third-order valence-corrected chi connectivity index (χ3v) is 13.0. The lowest BCUT2D eigenvalue weighted by Crippen LogP contribution is -2.47. The Hall–Kier alpha value is -5.88. The first kappa shape index (κ1) is 44.3. The molecule has 2 unspecified atom stereocenters. The van der Waals surface area contributed by atoms with Gasteiger partial charge >= 0.3 is 0 Å². The fourth-order valence-corrected chi connectivity index (χ4v) is 9.66. The van der Waals surface area contributed by atoms with Crippen molar-refractivity contribution in [3.63, 3.8) is 0 Å². The van der Waals surface area contributed by atoms with Crippen LogP contribution in [-0.4, -0.2) is 135 Å². The van der Waals surface area contributed by atoms with Gasteiger partial charge in [0.15, 0.2) is 11.3 Å². The molecule has 1 aromatic carbocycles. The van der Waals surface area contributed by atoms with E-state index in [-0.39, 0.29) is 54.8 Å². The smallest absolute Gasteiger partial charge is 0.284 e. The molecular formula is C45H52F3N11O6. The fraction of sp³-hybridized carbons (Fsp3) is 0.533. The lowest BCUT2D eigenvalue weighted by molar-refractivity contribution is -0.134. The average Bonchev–Trinajstić information content (AvgIpc) is 4.02. The Bertz CT molecular complexity index is 2610. The normalized spacial score (nSPS) is 24.4. The summed E-state index contributed by atoms with van der Waals surface area (Å²) in [7, 11) is 3.41. The number of rotatable bonds is 12. The number of nitrogens with zero attached hydrogens (tertiary/aromatic N) is 9. The SMILES string of the molecule is COCC1CN(c2ccn3ncc(C(=O)Nc4cn(C5CCC(CN6CC[C@@H](OCC#Cc7cccc8c(C9CCC(=O)NC9=O)nn(C)c78)[C@@H](F)C6)CC5)nc4C(F)F)c3n2)CCO1. The van der Waals surface area contributed by atoms with Crippen LogP contribution in [0.4, 0.5) is 24.7 Å². The van der Waals surface area contributed by atoms with Crippen molar-refractivity contribution in [2.24, 2.45) is 13.0 Å². The van der Waals surface area contributed by atoms with Crippen molar-refractivity contribution in [2.45, 2.75) is 81.7 Å². The molecule has 65 heavy (non-hydrogen) atoms. The molecule has 3 aliphatic heterocycles. The Labute approximate surface area is 372 Å². The van der Waals surface area contributed by atoms with Gasteiger partial charge in [0.05, 0.1) is 66.0 Å². The highest BCUT2D eigenvalue weighted by Crippen LogP contribution is 2.36. The Morgan fingerprint density at radius 2 is 1.92 bits per heavy atom. The molecule has 4 fully saturated rings. The molecule has 344 valence electrons. The third kappa shape index (κ3) is 9.60. The van der Waals surface area contributed by atoms with E-state index in [0.717, 1.165) is 30.3 Å². The molecule has 9 rings (SSSR count). The number of ether oxygens (including phenoxy) is 3. The van der Waals surface area contributed by atoms with Crippen molar-refractivity contribution in [1.29, 1.82) is 0 Å². The molecule has 1 saturated carbocycles. The molecule has 4 aliphatic rings. The van der Waals surface area contributed by atoms with E-state index in [4.69, 9.17) is 19.2 Å². The lowest BCUT2D eigenvalue weighted by Gasteiger charge is -2.38. The van der Waals surface area contributed by atoms with Crippen molar-refractivity contribution < 1.29 is 41.8 Å². The van der Waals surface area contributed by atoms with Crippen LogP contribution >= 0.6 is 0 Å². The van der Waals surface area contributed by atoms with Gasteiger partial charge in [0.25, 0.3) is 12.3 Å². The number of imide groups is 1. The monoisotopic (exact) mass is 899 g/mol. The average molecular weight is 900 g/mol. The van der Waals surface area contributed by atoms with Crippen LogP contribution in [0.3, 0.4) is 0 Å². The summed E-state index contributed by atoms with van der Waals surface area (Å²) in [5.41, 5.74) is 1.97. The highest BCUT2D eigenvalue weighted by Gasteiger charge is 2.34. The number of methoxy groups -OCH3 is 1. The summed E-state index contributed by atoms with van der Waals surface area (Å²) in [5, 5.41) is 19.0. The lowest BCUT2D eigenvalue weighted by atomic mass is 9.85. The van der Waals surface area contributed by atoms with Gasteiger partial charge in [0.1, 0.15) is 24.2 Å². The number of benzene rings is 1. The summed E-state index contributed by atoms with van der Waals surface area (Å²) in [6.45, 7) is 3.82. The van der Waals surface area contributed by atoms with Gasteiger partial charge in [-0.25, -0.2) is 22.7 Å². The van der Waals surface area contributed by atoms with E-state index in [9.17, 15) is 23.2 Å². The minimum atomic E-state index is -2.91. The number of likely N-dealkylation sites (tertiary alicyclic amines) is 1. The van der Waals surface area contributed by atoms with Crippen LogP contribution in [0.1, 0.15) is 90.6 Å². The van der Waals surface area contributed by atoms with Crippen LogP contribution in [0.15, 0.2) is 42.9 Å². The number of nitrogens with one attached hydrogen (secondary N) is 2. The summed E-state index contributed by atoms with van der Waals surface area (Å²) < 4.78 is 65.8. The van der Waals surface area contributed by atoms with E-state index in [1.54, 1.807) is 35.8 Å². The van der Waals surface area contributed by atoms with Crippen LogP contribution in [0.2, 0.25) is 0 Å². The number of carbonyl (C=O) groups excluding carboxylic acids is 3. The fourth-order valence-electron chi connectivity index (χ4n) is 9.66. The standard InChI is InChI=1S/C45H52F3N11O6/c1-55-41-28(5-3-7-31(41)39(53-55)32-12-13-38(60)52-44(32)61)6-4-19-65-36-14-16-56(24-34(36)46)22-27-8-10-29(11-9-27)59-25-35(40(54-59)42(47)48)50-45(62)33-21-49-58-17-15-37(51-43(33)58)57-18-20-64-30(23-57)26-63-2/h3,5,7,15,17,21,25,27,29-30,32,34,36,42H,8-14,16,18-20,22-24,26H2,1-2H3,(H,50,62)(H,52,60,61)/t27?,29?,30?,32?,34-,36+/m0/s1. The van der Waals surface area contributed by atoms with E-state index in [0.29, 0.717) is 87.2 Å². The van der Waals surface area contributed by atoms with Gasteiger partial charge in [-0.15, -0.1) is 0 Å². The topological polar surface area (TPSA) is 175 Å². The van der Waals surface area contributed by atoms with E-state index in [1.807, 2.05) is 23.1 Å². The summed E-state index contributed by atoms with van der Waals surface area (Å²) in [4.78, 5) is 46.7. The maximum Gasteiger partial charge on any atom is 0.284 e.